The molecule has 0 fully saturated rings. The number of halogens is 2. The molecule has 232 valence electrons. The van der Waals surface area contributed by atoms with Gasteiger partial charge in [0.25, 0.3) is 15.9 Å². The summed E-state index contributed by atoms with van der Waals surface area (Å²) in [6.07, 6.45) is 1.67. The Morgan fingerprint density at radius 3 is 2.19 bits per heavy atom. The summed E-state index contributed by atoms with van der Waals surface area (Å²) < 4.78 is 77.7. The van der Waals surface area contributed by atoms with Gasteiger partial charge >= 0.3 is 5.76 Å². The van der Waals surface area contributed by atoms with E-state index in [1.54, 1.807) is 0 Å². The third kappa shape index (κ3) is 8.16. The lowest BCUT2D eigenvalue weighted by Gasteiger charge is -2.39. The number of benzene rings is 2. The summed E-state index contributed by atoms with van der Waals surface area (Å²) in [5.41, 5.74) is -0.0348. The highest BCUT2D eigenvalue weighted by atomic mass is 32.2. The number of nitrogens with zero attached hydrogens (tertiary/aromatic N) is 2. The normalized spacial score (nSPS) is 14.0. The average Bonchev–Trinajstić information content (AvgIpc) is 3.15. The van der Waals surface area contributed by atoms with Crippen molar-refractivity contribution in [3.8, 4) is 0 Å². The van der Waals surface area contributed by atoms with E-state index in [0.717, 1.165) is 29.9 Å². The molecule has 1 heterocycles. The van der Waals surface area contributed by atoms with Gasteiger partial charge < -0.3 is 9.88 Å². The highest BCUT2D eigenvalue weighted by Gasteiger charge is 2.33. The molecule has 0 radical (unpaired) electrons. The molecule has 14 heteroatoms. The van der Waals surface area contributed by atoms with Gasteiger partial charge in [-0.15, -0.1) is 5.10 Å². The van der Waals surface area contributed by atoms with E-state index >= 15 is 0 Å². The van der Waals surface area contributed by atoms with E-state index < -0.39 is 42.0 Å². The van der Waals surface area contributed by atoms with Crippen molar-refractivity contribution in [3.05, 3.63) is 52.8 Å². The Bertz CT molecular complexity index is 1770. The molecule has 2 aromatic carbocycles. The minimum absolute atomic E-state index is 0.0485. The molecule has 0 spiro atoms. The van der Waals surface area contributed by atoms with Gasteiger partial charge in [-0.25, -0.2) is 8.42 Å². The van der Waals surface area contributed by atoms with Crippen LogP contribution >= 0.6 is 11.3 Å². The monoisotopic (exact) mass is 644 g/mol. The minimum atomic E-state index is -4.80. The molecule has 0 aliphatic carbocycles. The molecule has 1 aromatic heterocycles. The Morgan fingerprint density at radius 1 is 0.952 bits per heavy atom. The number of hydrogen-bond acceptors (Lipinski definition) is 7. The number of sulfonamides is 1. The molecule has 0 bridgehead atoms. The van der Waals surface area contributed by atoms with Crippen molar-refractivity contribution in [3.63, 3.8) is 0 Å². The van der Waals surface area contributed by atoms with E-state index in [0.29, 0.717) is 11.1 Å². The first-order valence-electron chi connectivity index (χ1n) is 13.1. The standard InChI is InChI=1S/C28H38F2N4O5S3/c1-26(2,3)16-27(4,5)17-28(6,7)31-23(35)18-10-9-11-20(14-18)42(38,39)33-32-25-34(8)21-15-19(12-13-22(21)40-25)41(36,37)24(29)30/h9-15,24,33H,16-17H2,1-8H3,(H,31,35)/b32-25-. The number of thiazole rings is 1. The summed E-state index contributed by atoms with van der Waals surface area (Å²) in [4.78, 5) is 14.7. The Hall–Kier alpha value is -2.84. The van der Waals surface area contributed by atoms with Crippen molar-refractivity contribution in [2.75, 3.05) is 0 Å². The van der Waals surface area contributed by atoms with Gasteiger partial charge in [0.15, 0.2) is 0 Å². The van der Waals surface area contributed by atoms with E-state index in [9.17, 15) is 30.4 Å². The SMILES string of the molecule is Cn1/c(=N/NS(=O)(=O)c2cccc(C(=O)NC(C)(C)CC(C)(C)CC(C)(C)C)c2)sc2ccc(S(=O)(=O)C(F)F)cc21. The maximum atomic E-state index is 13.1. The lowest BCUT2D eigenvalue weighted by molar-refractivity contribution is 0.0866. The minimum Gasteiger partial charge on any atom is -0.347 e. The zero-order valence-electron chi connectivity index (χ0n) is 24.9. The van der Waals surface area contributed by atoms with E-state index in [2.05, 4.69) is 49.9 Å². The van der Waals surface area contributed by atoms with Crippen LogP contribution in [0.5, 0.6) is 0 Å². The molecule has 0 aliphatic rings. The van der Waals surface area contributed by atoms with Crippen LogP contribution in [0.1, 0.15) is 71.7 Å². The largest absolute Gasteiger partial charge is 0.347 e. The summed E-state index contributed by atoms with van der Waals surface area (Å²) in [6.45, 7) is 14.7. The van der Waals surface area contributed by atoms with Crippen LogP contribution in [-0.2, 0) is 26.9 Å². The van der Waals surface area contributed by atoms with Gasteiger partial charge in [-0.1, -0.05) is 52.0 Å². The van der Waals surface area contributed by atoms with Crippen molar-refractivity contribution in [2.45, 2.75) is 82.4 Å². The van der Waals surface area contributed by atoms with Gasteiger partial charge in [0.1, 0.15) is 0 Å². The molecule has 0 aliphatic heterocycles. The van der Waals surface area contributed by atoms with Gasteiger partial charge in [-0.2, -0.15) is 22.0 Å². The number of aryl methyl sites for hydroxylation is 1. The molecule has 9 nitrogen and oxygen atoms in total. The van der Waals surface area contributed by atoms with Crippen LogP contribution in [0.3, 0.4) is 0 Å². The Labute approximate surface area is 250 Å². The third-order valence-electron chi connectivity index (χ3n) is 6.39. The van der Waals surface area contributed by atoms with Crippen molar-refractivity contribution >= 4 is 47.3 Å². The molecule has 42 heavy (non-hydrogen) atoms. The van der Waals surface area contributed by atoms with Crippen LogP contribution in [0.4, 0.5) is 8.78 Å². The lowest BCUT2D eigenvalue weighted by atomic mass is 9.70. The van der Waals surface area contributed by atoms with E-state index in [1.807, 2.05) is 13.8 Å². The van der Waals surface area contributed by atoms with Crippen LogP contribution in [0, 0.1) is 10.8 Å². The first-order chi connectivity index (χ1) is 19.0. The van der Waals surface area contributed by atoms with Gasteiger partial charge in [-0.3, -0.25) is 4.79 Å². The van der Waals surface area contributed by atoms with Crippen LogP contribution in [0.15, 0.2) is 57.4 Å². The Kier molecular flexibility index (Phi) is 9.36. The first-order valence-corrected chi connectivity index (χ1v) is 17.0. The van der Waals surface area contributed by atoms with Crippen LogP contribution in [0.25, 0.3) is 10.2 Å². The molecule has 3 rings (SSSR count). The van der Waals surface area contributed by atoms with E-state index in [1.165, 1.54) is 41.9 Å². The average molecular weight is 645 g/mol. The summed E-state index contributed by atoms with van der Waals surface area (Å²) in [5, 5.41) is 6.99. The second-order valence-electron chi connectivity index (χ2n) is 13.0. The van der Waals surface area contributed by atoms with Crippen LogP contribution in [-0.4, -0.2) is 38.6 Å². The second-order valence-corrected chi connectivity index (χ2v) is 17.6. The molecule has 2 N–H and O–H groups in total. The van der Waals surface area contributed by atoms with Gasteiger partial charge in [0.05, 0.1) is 20.0 Å². The van der Waals surface area contributed by atoms with Crippen LogP contribution in [0.2, 0.25) is 0 Å². The Morgan fingerprint density at radius 2 is 1.60 bits per heavy atom. The maximum Gasteiger partial charge on any atom is 0.341 e. The highest BCUT2D eigenvalue weighted by Crippen LogP contribution is 2.39. The molecule has 1 amide bonds. The molecule has 3 aromatic rings. The van der Waals surface area contributed by atoms with Gasteiger partial charge in [0, 0.05) is 18.2 Å². The smallest absolute Gasteiger partial charge is 0.341 e. The topological polar surface area (TPSA) is 127 Å². The van der Waals surface area contributed by atoms with Crippen molar-refractivity contribution in [1.29, 1.82) is 0 Å². The van der Waals surface area contributed by atoms with E-state index in [-0.39, 0.29) is 31.6 Å². The summed E-state index contributed by atoms with van der Waals surface area (Å²) >= 11 is 1.03. The molecular formula is C28H38F2N4O5S3. The number of nitrogens with one attached hydrogen (secondary N) is 2. The number of amides is 1. The van der Waals surface area contributed by atoms with Crippen LogP contribution < -0.4 is 14.9 Å². The number of aromatic nitrogens is 1. The predicted octanol–water partition coefficient (Wildman–Crippen LogP) is 5.39. The zero-order valence-corrected chi connectivity index (χ0v) is 27.4. The highest BCUT2D eigenvalue weighted by molar-refractivity contribution is 7.91. The van der Waals surface area contributed by atoms with Crippen molar-refractivity contribution < 1.29 is 30.4 Å². The predicted molar refractivity (Wildman–Crippen MR) is 160 cm³/mol. The zero-order chi connectivity index (χ0) is 31.9. The number of hydrogen-bond donors (Lipinski definition) is 2. The molecular weight excluding hydrogens is 607 g/mol. The summed E-state index contributed by atoms with van der Waals surface area (Å²) in [7, 11) is -7.51. The van der Waals surface area contributed by atoms with Crippen molar-refractivity contribution in [1.82, 2.24) is 14.7 Å². The number of carbonyl (C=O) groups excluding carboxylic acids is 1. The van der Waals surface area contributed by atoms with Gasteiger partial charge in [0.2, 0.25) is 14.6 Å². The molecule has 0 saturated heterocycles. The fraction of sp³-hybridized carbons (Fsp3) is 0.500. The van der Waals surface area contributed by atoms with Gasteiger partial charge in [-0.05, 0) is 73.9 Å². The number of carbonyl (C=O) groups is 1. The second kappa shape index (κ2) is 11.7. The molecule has 0 unspecified atom stereocenters. The number of rotatable bonds is 10. The number of alkyl halides is 2. The fourth-order valence-electron chi connectivity index (χ4n) is 5.57. The lowest BCUT2D eigenvalue weighted by Crippen LogP contribution is -2.46. The third-order valence-corrected chi connectivity index (χ3v) is 10.1. The quantitative estimate of drug-likeness (QED) is 0.286. The molecule has 0 saturated carbocycles. The summed E-state index contributed by atoms with van der Waals surface area (Å²) in [6, 6.07) is 9.10. The first kappa shape index (κ1) is 33.7. The maximum absolute atomic E-state index is 13.1. The number of fused-ring (bicyclic) bond motifs is 1. The van der Waals surface area contributed by atoms with Crippen molar-refractivity contribution in [2.24, 2.45) is 23.0 Å². The summed E-state index contributed by atoms with van der Waals surface area (Å²) in [5.74, 6) is -3.98. The Balaban J connectivity index is 1.83. The van der Waals surface area contributed by atoms with E-state index in [4.69, 9.17) is 0 Å². The fourth-order valence-corrected chi connectivity index (χ4v) is 8.18. The molecule has 0 atom stereocenters. The number of sulfone groups is 1.